The summed E-state index contributed by atoms with van der Waals surface area (Å²) in [6, 6.07) is 13.6. The number of thioether (sulfide) groups is 1. The van der Waals surface area contributed by atoms with Crippen LogP contribution in [0.25, 0.3) is 11.1 Å². The van der Waals surface area contributed by atoms with Crippen LogP contribution in [0.2, 0.25) is 0 Å². The minimum atomic E-state index is -0.624. The second kappa shape index (κ2) is 8.41. The maximum absolute atomic E-state index is 13.5. The van der Waals surface area contributed by atoms with Gasteiger partial charge < -0.3 is 4.74 Å². The molecule has 136 valence electrons. The van der Waals surface area contributed by atoms with Gasteiger partial charge in [-0.15, -0.1) is 5.10 Å². The summed E-state index contributed by atoms with van der Waals surface area (Å²) < 4.78 is 18.0. The standard InChI is InChI=1S/C19H14FN3O3S/c1-26-17(24)10-16-18(25)22-19(27-16)23-21-11-13-5-2-3-8-15(13)12-6-4-7-14(20)9-12/h2-11H,1H3,(H,22,23,25)/b16-10+,21-11?. The number of amidine groups is 1. The van der Waals surface area contributed by atoms with Crippen molar-refractivity contribution >= 4 is 35.0 Å². The van der Waals surface area contributed by atoms with Crippen molar-refractivity contribution in [3.63, 3.8) is 0 Å². The topological polar surface area (TPSA) is 80.1 Å². The summed E-state index contributed by atoms with van der Waals surface area (Å²) in [5.41, 5.74) is 2.26. The molecule has 0 aromatic heterocycles. The first-order valence-corrected chi connectivity index (χ1v) is 8.63. The monoisotopic (exact) mass is 383 g/mol. The van der Waals surface area contributed by atoms with Gasteiger partial charge in [-0.2, -0.15) is 5.10 Å². The number of carbonyl (C=O) groups is 2. The highest BCUT2D eigenvalue weighted by Gasteiger charge is 2.25. The fourth-order valence-electron chi connectivity index (χ4n) is 2.31. The molecule has 1 fully saturated rings. The molecule has 3 rings (SSSR count). The quantitative estimate of drug-likeness (QED) is 0.381. The fourth-order valence-corrected chi connectivity index (χ4v) is 3.05. The normalized spacial score (nSPS) is 16.9. The lowest BCUT2D eigenvalue weighted by molar-refractivity contribution is -0.135. The van der Waals surface area contributed by atoms with Gasteiger partial charge in [0.2, 0.25) is 0 Å². The predicted molar refractivity (Wildman–Crippen MR) is 103 cm³/mol. The van der Waals surface area contributed by atoms with Crippen LogP contribution in [-0.2, 0) is 14.3 Å². The number of hydrogen-bond donors (Lipinski definition) is 1. The van der Waals surface area contributed by atoms with E-state index >= 15 is 0 Å². The van der Waals surface area contributed by atoms with E-state index in [1.165, 1.54) is 25.5 Å². The number of rotatable bonds is 4. The number of esters is 1. The number of amides is 1. The van der Waals surface area contributed by atoms with Gasteiger partial charge in [0.15, 0.2) is 5.17 Å². The third-order valence-corrected chi connectivity index (χ3v) is 4.44. The molecule has 0 atom stereocenters. The van der Waals surface area contributed by atoms with Gasteiger partial charge in [0.1, 0.15) is 5.82 Å². The summed E-state index contributed by atoms with van der Waals surface area (Å²) in [6.07, 6.45) is 2.60. The Morgan fingerprint density at radius 1 is 1.22 bits per heavy atom. The van der Waals surface area contributed by atoms with Crippen LogP contribution in [0.3, 0.4) is 0 Å². The van der Waals surface area contributed by atoms with Gasteiger partial charge in [0.05, 0.1) is 18.2 Å². The molecule has 0 bridgehead atoms. The highest BCUT2D eigenvalue weighted by molar-refractivity contribution is 8.18. The van der Waals surface area contributed by atoms with Crippen molar-refractivity contribution in [3.05, 3.63) is 70.9 Å². The lowest BCUT2D eigenvalue weighted by Crippen LogP contribution is -2.19. The van der Waals surface area contributed by atoms with Gasteiger partial charge in [-0.1, -0.05) is 36.4 Å². The van der Waals surface area contributed by atoms with Gasteiger partial charge >= 0.3 is 5.97 Å². The number of nitrogens with zero attached hydrogens (tertiary/aromatic N) is 2. The van der Waals surface area contributed by atoms with E-state index in [9.17, 15) is 14.0 Å². The summed E-state index contributed by atoms with van der Waals surface area (Å²) in [5.74, 6) is -1.39. The lowest BCUT2D eigenvalue weighted by Gasteiger charge is -2.05. The molecule has 1 aliphatic heterocycles. The van der Waals surface area contributed by atoms with E-state index in [0.717, 1.165) is 34.5 Å². The van der Waals surface area contributed by atoms with E-state index in [-0.39, 0.29) is 15.9 Å². The summed E-state index contributed by atoms with van der Waals surface area (Å²) in [7, 11) is 1.23. The van der Waals surface area contributed by atoms with Crippen LogP contribution in [-0.4, -0.2) is 30.4 Å². The number of ether oxygens (including phenoxy) is 1. The van der Waals surface area contributed by atoms with Crippen LogP contribution in [0.5, 0.6) is 0 Å². The van der Waals surface area contributed by atoms with Crippen molar-refractivity contribution in [1.82, 2.24) is 5.32 Å². The minimum Gasteiger partial charge on any atom is -0.466 e. The highest BCUT2D eigenvalue weighted by atomic mass is 32.2. The Hall–Kier alpha value is -3.26. The molecule has 1 N–H and O–H groups in total. The van der Waals surface area contributed by atoms with Crippen molar-refractivity contribution in [2.45, 2.75) is 0 Å². The summed E-state index contributed by atoms with van der Waals surface area (Å²) in [5, 5.41) is 10.7. The lowest BCUT2D eigenvalue weighted by atomic mass is 10.0. The molecule has 6 nitrogen and oxygen atoms in total. The Balaban J connectivity index is 1.80. The smallest absolute Gasteiger partial charge is 0.331 e. The largest absolute Gasteiger partial charge is 0.466 e. The number of carbonyl (C=O) groups excluding carboxylic acids is 2. The van der Waals surface area contributed by atoms with Gasteiger partial charge in [0, 0.05) is 11.6 Å². The molecule has 8 heteroatoms. The van der Waals surface area contributed by atoms with E-state index in [2.05, 4.69) is 20.3 Å². The first kappa shape index (κ1) is 18.5. The second-order valence-corrected chi connectivity index (χ2v) is 6.37. The van der Waals surface area contributed by atoms with E-state index in [0.29, 0.717) is 0 Å². The molecular weight excluding hydrogens is 369 g/mol. The molecule has 1 saturated heterocycles. The summed E-state index contributed by atoms with van der Waals surface area (Å²) in [6.45, 7) is 0. The molecule has 0 radical (unpaired) electrons. The van der Waals surface area contributed by atoms with E-state index in [1.807, 2.05) is 24.3 Å². The van der Waals surface area contributed by atoms with Crippen molar-refractivity contribution in [2.24, 2.45) is 10.2 Å². The zero-order valence-corrected chi connectivity index (χ0v) is 15.0. The molecule has 0 aliphatic carbocycles. The van der Waals surface area contributed by atoms with E-state index < -0.39 is 11.9 Å². The zero-order valence-electron chi connectivity index (χ0n) is 14.2. The molecule has 0 saturated carbocycles. The van der Waals surface area contributed by atoms with Crippen molar-refractivity contribution in [2.75, 3.05) is 7.11 Å². The van der Waals surface area contributed by atoms with Crippen LogP contribution >= 0.6 is 11.8 Å². The van der Waals surface area contributed by atoms with E-state index in [1.54, 1.807) is 12.1 Å². The number of nitrogens with one attached hydrogen (secondary N) is 1. The Morgan fingerprint density at radius 3 is 2.81 bits per heavy atom. The number of hydrogen-bond acceptors (Lipinski definition) is 6. The Kier molecular flexibility index (Phi) is 5.77. The van der Waals surface area contributed by atoms with Crippen molar-refractivity contribution < 1.29 is 18.7 Å². The van der Waals surface area contributed by atoms with Crippen LogP contribution in [0.15, 0.2) is 69.7 Å². The average Bonchev–Trinajstić information content (AvgIpc) is 3.01. The Labute approximate surface area is 158 Å². The maximum atomic E-state index is 13.5. The van der Waals surface area contributed by atoms with Crippen LogP contribution < -0.4 is 5.32 Å². The maximum Gasteiger partial charge on any atom is 0.331 e. The Morgan fingerprint density at radius 2 is 2.04 bits per heavy atom. The predicted octanol–water partition coefficient (Wildman–Crippen LogP) is 3.10. The highest BCUT2D eigenvalue weighted by Crippen LogP contribution is 2.25. The van der Waals surface area contributed by atoms with Gasteiger partial charge in [-0.3, -0.25) is 10.1 Å². The second-order valence-electron chi connectivity index (χ2n) is 5.34. The molecule has 27 heavy (non-hydrogen) atoms. The Bertz CT molecular complexity index is 986. The molecule has 0 unspecified atom stereocenters. The van der Waals surface area contributed by atoms with Gasteiger partial charge in [-0.05, 0) is 35.0 Å². The van der Waals surface area contributed by atoms with Crippen LogP contribution in [0.4, 0.5) is 4.39 Å². The SMILES string of the molecule is COC(=O)/C=C1/S/C(=N\N=Cc2ccccc2-c2cccc(F)c2)NC1=O. The minimum absolute atomic E-state index is 0.177. The fraction of sp³-hybridized carbons (Fsp3) is 0.0526. The number of methoxy groups -OCH3 is 1. The first-order chi connectivity index (χ1) is 13.1. The van der Waals surface area contributed by atoms with Crippen LogP contribution in [0.1, 0.15) is 5.56 Å². The number of halogens is 1. The van der Waals surface area contributed by atoms with Gasteiger partial charge in [-0.25, -0.2) is 9.18 Å². The van der Waals surface area contributed by atoms with Gasteiger partial charge in [0.25, 0.3) is 5.91 Å². The molecular formula is C19H14FN3O3S. The zero-order chi connectivity index (χ0) is 19.2. The summed E-state index contributed by atoms with van der Waals surface area (Å²) >= 11 is 0.986. The van der Waals surface area contributed by atoms with Crippen molar-refractivity contribution in [3.8, 4) is 11.1 Å². The van der Waals surface area contributed by atoms with Crippen molar-refractivity contribution in [1.29, 1.82) is 0 Å². The molecule has 0 spiro atoms. The first-order valence-electron chi connectivity index (χ1n) is 7.81. The summed E-state index contributed by atoms with van der Waals surface area (Å²) in [4.78, 5) is 23.2. The molecule has 1 heterocycles. The molecule has 2 aromatic carbocycles. The molecule has 1 aliphatic rings. The number of benzene rings is 2. The third kappa shape index (κ3) is 4.68. The van der Waals surface area contributed by atoms with E-state index in [4.69, 9.17) is 0 Å². The molecule has 2 aromatic rings. The average molecular weight is 383 g/mol. The molecule has 1 amide bonds. The third-order valence-electron chi connectivity index (χ3n) is 3.54. The van der Waals surface area contributed by atoms with Crippen LogP contribution in [0, 0.1) is 5.82 Å².